The van der Waals surface area contributed by atoms with Gasteiger partial charge in [-0.1, -0.05) is 11.6 Å². The van der Waals surface area contributed by atoms with Crippen molar-refractivity contribution in [3.63, 3.8) is 0 Å². The van der Waals surface area contributed by atoms with Crippen molar-refractivity contribution in [2.24, 2.45) is 4.99 Å². The van der Waals surface area contributed by atoms with E-state index in [2.05, 4.69) is 33.7 Å². The summed E-state index contributed by atoms with van der Waals surface area (Å²) in [5, 5.41) is 11.7. The number of aliphatic imine (C=N–C) groups is 1. The first-order valence-corrected chi connectivity index (χ1v) is 8.80. The maximum absolute atomic E-state index is 5.85. The number of aryl methyl sites for hydroxylation is 3. The normalized spacial score (nSPS) is 11.0. The molecular weight excluding hydrogens is 465 g/mol. The Hall–Kier alpha value is -1.48. The Bertz CT molecular complexity index is 687. The van der Waals surface area contributed by atoms with Crippen LogP contribution in [0.2, 0.25) is 5.02 Å². The van der Waals surface area contributed by atoms with Gasteiger partial charge < -0.3 is 15.4 Å². The zero-order valence-corrected chi connectivity index (χ0v) is 18.5. The van der Waals surface area contributed by atoms with Crippen molar-refractivity contribution in [2.45, 2.75) is 26.8 Å². The zero-order chi connectivity index (χ0) is 18.1. The van der Waals surface area contributed by atoms with Crippen molar-refractivity contribution in [1.82, 2.24) is 20.4 Å². The molecule has 6 nitrogen and oxygen atoms in total. The van der Waals surface area contributed by atoms with Crippen molar-refractivity contribution in [3.05, 3.63) is 46.7 Å². The van der Waals surface area contributed by atoms with E-state index >= 15 is 0 Å². The van der Waals surface area contributed by atoms with Crippen molar-refractivity contribution < 1.29 is 4.74 Å². The Morgan fingerprint density at radius 3 is 2.50 bits per heavy atom. The second-order valence-corrected chi connectivity index (χ2v) is 6.17. The molecule has 0 aliphatic carbocycles. The van der Waals surface area contributed by atoms with Gasteiger partial charge in [0.05, 0.1) is 12.2 Å². The van der Waals surface area contributed by atoms with Crippen LogP contribution < -0.4 is 15.4 Å². The standard InChI is InChI=1S/C18H26ClN5O.HI/c1-14-13-15(2)24(23-14)11-4-9-21-18(20-3)22-10-12-25-17-7-5-16(19)6-8-17;/h5-8,13H,4,9-12H2,1-3H3,(H2,20,21,22);1H. The van der Waals surface area contributed by atoms with Gasteiger partial charge in [0.25, 0.3) is 0 Å². The molecule has 0 unspecified atom stereocenters. The van der Waals surface area contributed by atoms with Crippen LogP contribution in [0.4, 0.5) is 0 Å². The monoisotopic (exact) mass is 491 g/mol. The molecule has 0 fully saturated rings. The first-order valence-electron chi connectivity index (χ1n) is 8.42. The molecule has 0 saturated heterocycles. The fourth-order valence-corrected chi connectivity index (χ4v) is 2.55. The van der Waals surface area contributed by atoms with Crippen LogP contribution in [-0.4, -0.2) is 42.5 Å². The Balaban J connectivity index is 0.00000338. The number of hydrogen-bond acceptors (Lipinski definition) is 3. The Kier molecular flexibility index (Phi) is 10.4. The molecule has 1 aromatic heterocycles. The van der Waals surface area contributed by atoms with E-state index in [-0.39, 0.29) is 24.0 Å². The van der Waals surface area contributed by atoms with Crippen molar-refractivity contribution in [2.75, 3.05) is 26.7 Å². The molecule has 2 rings (SSSR count). The molecule has 26 heavy (non-hydrogen) atoms. The lowest BCUT2D eigenvalue weighted by Gasteiger charge is -2.13. The number of halogens is 2. The predicted octanol–water partition coefficient (Wildman–Crippen LogP) is 3.41. The highest BCUT2D eigenvalue weighted by Gasteiger charge is 2.01. The van der Waals surface area contributed by atoms with Gasteiger partial charge in [-0.3, -0.25) is 9.67 Å². The molecule has 0 radical (unpaired) electrons. The number of rotatable bonds is 8. The van der Waals surface area contributed by atoms with E-state index in [9.17, 15) is 0 Å². The van der Waals surface area contributed by atoms with Crippen LogP contribution in [0.15, 0.2) is 35.3 Å². The molecule has 0 atom stereocenters. The molecule has 2 N–H and O–H groups in total. The van der Waals surface area contributed by atoms with E-state index in [4.69, 9.17) is 16.3 Å². The first-order chi connectivity index (χ1) is 12.1. The summed E-state index contributed by atoms with van der Waals surface area (Å²) in [7, 11) is 1.76. The molecular formula is C18H27ClIN5O. The molecule has 0 aliphatic heterocycles. The van der Waals surface area contributed by atoms with Crippen LogP contribution in [0.3, 0.4) is 0 Å². The molecule has 0 saturated carbocycles. The largest absolute Gasteiger partial charge is 0.492 e. The second-order valence-electron chi connectivity index (χ2n) is 5.73. The average molecular weight is 492 g/mol. The van der Waals surface area contributed by atoms with Crippen LogP contribution >= 0.6 is 35.6 Å². The lowest BCUT2D eigenvalue weighted by Crippen LogP contribution is -2.39. The molecule has 2 aromatic rings. The van der Waals surface area contributed by atoms with E-state index in [0.717, 1.165) is 36.9 Å². The quantitative estimate of drug-likeness (QED) is 0.257. The lowest BCUT2D eigenvalue weighted by molar-refractivity contribution is 0.322. The molecule has 0 bridgehead atoms. The van der Waals surface area contributed by atoms with Gasteiger partial charge in [-0.15, -0.1) is 24.0 Å². The first kappa shape index (κ1) is 22.6. The highest BCUT2D eigenvalue weighted by atomic mass is 127. The van der Waals surface area contributed by atoms with Gasteiger partial charge in [-0.25, -0.2) is 0 Å². The number of nitrogens with one attached hydrogen (secondary N) is 2. The molecule has 144 valence electrons. The highest BCUT2D eigenvalue weighted by Crippen LogP contribution is 2.15. The van der Waals surface area contributed by atoms with Crippen LogP contribution in [0, 0.1) is 13.8 Å². The van der Waals surface area contributed by atoms with Crippen LogP contribution in [0.1, 0.15) is 17.8 Å². The Morgan fingerprint density at radius 2 is 1.88 bits per heavy atom. The van der Waals surface area contributed by atoms with Crippen LogP contribution in [0.25, 0.3) is 0 Å². The second kappa shape index (κ2) is 12.0. The van der Waals surface area contributed by atoms with E-state index in [0.29, 0.717) is 18.2 Å². The summed E-state index contributed by atoms with van der Waals surface area (Å²) in [6.07, 6.45) is 0.976. The molecule has 0 spiro atoms. The summed E-state index contributed by atoms with van der Waals surface area (Å²) in [6.45, 7) is 7.03. The summed E-state index contributed by atoms with van der Waals surface area (Å²) >= 11 is 5.85. The van der Waals surface area contributed by atoms with Crippen molar-refractivity contribution >= 4 is 41.5 Å². The van der Waals surface area contributed by atoms with E-state index in [1.807, 2.05) is 35.9 Å². The summed E-state index contributed by atoms with van der Waals surface area (Å²) in [4.78, 5) is 4.21. The summed E-state index contributed by atoms with van der Waals surface area (Å²) < 4.78 is 7.67. The molecule has 8 heteroatoms. The summed E-state index contributed by atoms with van der Waals surface area (Å²) in [5.41, 5.74) is 2.25. The van der Waals surface area contributed by atoms with Crippen LogP contribution in [-0.2, 0) is 6.54 Å². The average Bonchev–Trinajstić information content (AvgIpc) is 2.92. The molecule has 0 aliphatic rings. The van der Waals surface area contributed by atoms with Gasteiger partial charge in [0.2, 0.25) is 0 Å². The third-order valence-electron chi connectivity index (χ3n) is 3.64. The van der Waals surface area contributed by atoms with Crippen molar-refractivity contribution in [3.8, 4) is 5.75 Å². The Labute approximate surface area is 177 Å². The van der Waals surface area contributed by atoms with Crippen LogP contribution in [0.5, 0.6) is 5.75 Å². The minimum absolute atomic E-state index is 0. The third kappa shape index (κ3) is 7.82. The maximum Gasteiger partial charge on any atom is 0.191 e. The molecule has 0 amide bonds. The van der Waals surface area contributed by atoms with Gasteiger partial charge in [0, 0.05) is 30.9 Å². The highest BCUT2D eigenvalue weighted by molar-refractivity contribution is 14.0. The lowest BCUT2D eigenvalue weighted by atomic mass is 10.3. The van der Waals surface area contributed by atoms with Gasteiger partial charge in [0.15, 0.2) is 5.96 Å². The number of hydrogen-bond donors (Lipinski definition) is 2. The van der Waals surface area contributed by atoms with Gasteiger partial charge in [0.1, 0.15) is 12.4 Å². The predicted molar refractivity (Wildman–Crippen MR) is 118 cm³/mol. The topological polar surface area (TPSA) is 63.5 Å². The SMILES string of the molecule is CN=C(NCCCn1nc(C)cc1C)NCCOc1ccc(Cl)cc1.I. The summed E-state index contributed by atoms with van der Waals surface area (Å²) in [5.74, 6) is 1.58. The number of nitrogens with zero attached hydrogens (tertiary/aromatic N) is 3. The summed E-state index contributed by atoms with van der Waals surface area (Å²) in [6, 6.07) is 9.43. The van der Waals surface area contributed by atoms with E-state index in [1.54, 1.807) is 7.05 Å². The maximum atomic E-state index is 5.85. The fourth-order valence-electron chi connectivity index (χ4n) is 2.43. The number of ether oxygens (including phenoxy) is 1. The number of benzene rings is 1. The minimum Gasteiger partial charge on any atom is -0.492 e. The molecule has 1 aromatic carbocycles. The fraction of sp³-hybridized carbons (Fsp3) is 0.444. The smallest absolute Gasteiger partial charge is 0.191 e. The van der Waals surface area contributed by atoms with Gasteiger partial charge in [-0.2, -0.15) is 5.10 Å². The van der Waals surface area contributed by atoms with E-state index < -0.39 is 0 Å². The minimum atomic E-state index is 0. The van der Waals surface area contributed by atoms with Crippen molar-refractivity contribution in [1.29, 1.82) is 0 Å². The Morgan fingerprint density at radius 1 is 1.19 bits per heavy atom. The van der Waals surface area contributed by atoms with Gasteiger partial charge >= 0.3 is 0 Å². The zero-order valence-electron chi connectivity index (χ0n) is 15.5. The van der Waals surface area contributed by atoms with E-state index in [1.165, 1.54) is 5.69 Å². The number of guanidine groups is 1. The number of aromatic nitrogens is 2. The van der Waals surface area contributed by atoms with Gasteiger partial charge in [-0.05, 0) is 50.6 Å². The third-order valence-corrected chi connectivity index (χ3v) is 3.89. The molecule has 1 heterocycles.